The van der Waals surface area contributed by atoms with Crippen molar-refractivity contribution >= 4 is 18.8 Å². The third-order valence-electron chi connectivity index (χ3n) is 3.09. The molecule has 1 aromatic carbocycles. The van der Waals surface area contributed by atoms with Crippen molar-refractivity contribution < 1.29 is 0 Å². The Balaban J connectivity index is 3.44. The Morgan fingerprint density at radius 2 is 2.05 bits per heavy atom. The second kappa shape index (κ2) is 8.36. The lowest BCUT2D eigenvalue weighted by atomic mass is 9.68. The molecule has 0 unspecified atom stereocenters. The number of allylic oxidation sites excluding steroid dienone is 4. The van der Waals surface area contributed by atoms with Crippen molar-refractivity contribution in [2.24, 2.45) is 0 Å². The Morgan fingerprint density at radius 1 is 1.32 bits per heavy atom. The molecule has 0 fully saturated rings. The fourth-order valence-corrected chi connectivity index (χ4v) is 2.11. The predicted molar refractivity (Wildman–Crippen MR) is 90.0 cm³/mol. The summed E-state index contributed by atoms with van der Waals surface area (Å²) in [4.78, 5) is 0. The van der Waals surface area contributed by atoms with E-state index in [0.717, 1.165) is 25.7 Å². The van der Waals surface area contributed by atoms with Gasteiger partial charge >= 0.3 is 0 Å². The van der Waals surface area contributed by atoms with E-state index in [-0.39, 0.29) is 0 Å². The summed E-state index contributed by atoms with van der Waals surface area (Å²) in [5.74, 6) is 0. The molecule has 19 heavy (non-hydrogen) atoms. The normalized spacial score (nSPS) is 13.5. The molecule has 0 aromatic heterocycles. The van der Waals surface area contributed by atoms with Crippen molar-refractivity contribution in [1.29, 1.82) is 0 Å². The van der Waals surface area contributed by atoms with Crippen LogP contribution in [-0.2, 0) is 0 Å². The lowest BCUT2D eigenvalue weighted by Crippen LogP contribution is -2.28. The molecule has 98 valence electrons. The molecule has 0 atom stereocenters. The van der Waals surface area contributed by atoms with E-state index < -0.39 is 0 Å². The van der Waals surface area contributed by atoms with Crippen molar-refractivity contribution in [3.63, 3.8) is 0 Å². The summed E-state index contributed by atoms with van der Waals surface area (Å²) in [6, 6.07) is 8.51. The van der Waals surface area contributed by atoms with Gasteiger partial charge in [0, 0.05) is 0 Å². The third kappa shape index (κ3) is 4.44. The molecule has 0 heterocycles. The van der Waals surface area contributed by atoms with Gasteiger partial charge < -0.3 is 0 Å². The van der Waals surface area contributed by atoms with E-state index in [1.807, 2.05) is 6.08 Å². The minimum atomic E-state index is 0.894. The van der Waals surface area contributed by atoms with Crippen molar-refractivity contribution in [3.8, 4) is 0 Å². The summed E-state index contributed by atoms with van der Waals surface area (Å²) in [6.07, 6.45) is 10.4. The first kappa shape index (κ1) is 15.3. The van der Waals surface area contributed by atoms with Crippen LogP contribution in [0.3, 0.4) is 0 Å². The molecule has 1 rings (SSSR count). The first-order chi connectivity index (χ1) is 9.24. The zero-order chi connectivity index (χ0) is 14.1. The maximum atomic E-state index is 4.20. The fourth-order valence-electron chi connectivity index (χ4n) is 2.11. The molecule has 0 aliphatic rings. The van der Waals surface area contributed by atoms with Crippen LogP contribution in [0.15, 0.2) is 61.2 Å². The van der Waals surface area contributed by atoms with Gasteiger partial charge in [-0.25, -0.2) is 0 Å². The highest BCUT2D eigenvalue weighted by molar-refractivity contribution is 6.59. The average Bonchev–Trinajstić information content (AvgIpc) is 2.44. The summed E-state index contributed by atoms with van der Waals surface area (Å²) in [5.41, 5.74) is 2.43. The Hall–Kier alpha value is -1.76. The van der Waals surface area contributed by atoms with Crippen LogP contribution in [0.2, 0.25) is 6.82 Å². The van der Waals surface area contributed by atoms with Gasteiger partial charge in [0.1, 0.15) is 0 Å². The molecule has 0 nitrogen and oxygen atoms in total. The monoisotopic (exact) mass is 250 g/mol. The highest BCUT2D eigenvalue weighted by Gasteiger charge is 2.00. The van der Waals surface area contributed by atoms with E-state index in [9.17, 15) is 0 Å². The van der Waals surface area contributed by atoms with Crippen molar-refractivity contribution in [3.05, 3.63) is 71.7 Å². The SMILES string of the molecule is C=CC/C=c1/cccc/c1=C(\BC)C(=C)/C=C\CC. The molecule has 1 heteroatoms. The van der Waals surface area contributed by atoms with Crippen LogP contribution in [-0.4, -0.2) is 7.28 Å². The lowest BCUT2D eigenvalue weighted by molar-refractivity contribution is 1.22. The molecule has 1 aromatic rings. The maximum Gasteiger partial charge on any atom is 0.156 e. The highest BCUT2D eigenvalue weighted by atomic mass is 14.0. The van der Waals surface area contributed by atoms with E-state index in [1.54, 1.807) is 0 Å². The molecule has 0 amide bonds. The Kier molecular flexibility index (Phi) is 6.74. The number of hydrogen-bond acceptors (Lipinski definition) is 0. The van der Waals surface area contributed by atoms with E-state index in [4.69, 9.17) is 0 Å². The quantitative estimate of drug-likeness (QED) is 0.413. The number of hydrogen-bond donors (Lipinski definition) is 0. The van der Waals surface area contributed by atoms with E-state index in [0.29, 0.717) is 0 Å². The van der Waals surface area contributed by atoms with E-state index in [2.05, 4.69) is 69.4 Å². The van der Waals surface area contributed by atoms with E-state index in [1.165, 1.54) is 15.9 Å². The molecule has 0 bridgehead atoms. The number of benzene rings is 1. The molecule has 0 spiro atoms. The van der Waals surface area contributed by atoms with Gasteiger partial charge in [-0.2, -0.15) is 0 Å². The van der Waals surface area contributed by atoms with Gasteiger partial charge in [-0.05, 0) is 28.9 Å². The first-order valence-corrected chi connectivity index (χ1v) is 6.99. The molecular formula is C18H23B. The molecule has 0 saturated carbocycles. The fraction of sp³-hybridized carbons (Fsp3) is 0.222. The topological polar surface area (TPSA) is 0 Å². The van der Waals surface area contributed by atoms with Gasteiger partial charge in [0.2, 0.25) is 0 Å². The summed E-state index contributed by atoms with van der Waals surface area (Å²) < 4.78 is 0. The van der Waals surface area contributed by atoms with Crippen LogP contribution in [0.4, 0.5) is 0 Å². The minimum Gasteiger partial charge on any atom is -0.103 e. The molecule has 0 aliphatic heterocycles. The van der Waals surface area contributed by atoms with Crippen LogP contribution in [0, 0.1) is 0 Å². The predicted octanol–water partition coefficient (Wildman–Crippen LogP) is 3.16. The van der Waals surface area contributed by atoms with E-state index >= 15 is 0 Å². The standard InChI is InChI=1S/C18H23B/c1-5-7-11-15(3)18(19-4)17-14-10-9-13-16(17)12-8-6-2/h6-7,9-14,19H,2-3,5,8H2,1,4H3/b11-7-,16-12-,18-17+. The molecule has 0 aliphatic carbocycles. The minimum absolute atomic E-state index is 0.894. The van der Waals surface area contributed by atoms with Gasteiger partial charge in [0.15, 0.2) is 7.28 Å². The maximum absolute atomic E-state index is 4.20. The van der Waals surface area contributed by atoms with Crippen LogP contribution in [0.1, 0.15) is 19.8 Å². The molecule has 0 radical (unpaired) electrons. The van der Waals surface area contributed by atoms with Gasteiger partial charge in [0.05, 0.1) is 0 Å². The van der Waals surface area contributed by atoms with Crippen molar-refractivity contribution in [2.45, 2.75) is 26.6 Å². The number of rotatable bonds is 6. The lowest BCUT2D eigenvalue weighted by Gasteiger charge is -2.05. The zero-order valence-electron chi connectivity index (χ0n) is 12.2. The van der Waals surface area contributed by atoms with Gasteiger partial charge in [-0.15, -0.1) is 6.58 Å². The Bertz CT molecular complexity index is 576. The second-order valence-electron chi connectivity index (χ2n) is 4.48. The summed E-state index contributed by atoms with van der Waals surface area (Å²) in [6.45, 7) is 12.3. The molecule has 0 saturated heterocycles. The second-order valence-corrected chi connectivity index (χ2v) is 4.48. The smallest absolute Gasteiger partial charge is 0.103 e. The first-order valence-electron chi connectivity index (χ1n) is 6.99. The Morgan fingerprint density at radius 3 is 2.68 bits per heavy atom. The van der Waals surface area contributed by atoms with Crippen LogP contribution < -0.4 is 10.4 Å². The van der Waals surface area contributed by atoms with Crippen LogP contribution in [0.25, 0.3) is 11.5 Å². The zero-order valence-corrected chi connectivity index (χ0v) is 12.2. The van der Waals surface area contributed by atoms with Crippen LogP contribution in [0.5, 0.6) is 0 Å². The molecule has 0 N–H and O–H groups in total. The Labute approximate surface area is 117 Å². The van der Waals surface area contributed by atoms with Crippen molar-refractivity contribution in [1.82, 2.24) is 0 Å². The van der Waals surface area contributed by atoms with Crippen molar-refractivity contribution in [2.75, 3.05) is 0 Å². The largest absolute Gasteiger partial charge is 0.156 e. The van der Waals surface area contributed by atoms with Gasteiger partial charge in [-0.3, -0.25) is 0 Å². The van der Waals surface area contributed by atoms with Crippen LogP contribution >= 0.6 is 0 Å². The molecular weight excluding hydrogens is 227 g/mol. The summed E-state index contributed by atoms with van der Waals surface area (Å²) >= 11 is 0. The average molecular weight is 250 g/mol. The van der Waals surface area contributed by atoms with Gasteiger partial charge in [-0.1, -0.05) is 74.4 Å². The third-order valence-corrected chi connectivity index (χ3v) is 3.09. The van der Waals surface area contributed by atoms with Gasteiger partial charge in [0.25, 0.3) is 0 Å². The summed E-state index contributed by atoms with van der Waals surface area (Å²) in [5, 5.41) is 2.56. The highest BCUT2D eigenvalue weighted by Crippen LogP contribution is 2.07. The summed E-state index contributed by atoms with van der Waals surface area (Å²) in [7, 11) is 0.992.